The minimum atomic E-state index is 0.489. The molecule has 1 N–H and O–H groups in total. The number of pyridine rings is 1. The maximum atomic E-state index is 5.86. The summed E-state index contributed by atoms with van der Waals surface area (Å²) in [4.78, 5) is 4.32. The predicted octanol–water partition coefficient (Wildman–Crippen LogP) is 3.00. The van der Waals surface area contributed by atoms with E-state index >= 15 is 0 Å². The van der Waals surface area contributed by atoms with Gasteiger partial charge < -0.3 is 10.1 Å². The molecular weight excluding hydrogens is 224 g/mol. The summed E-state index contributed by atoms with van der Waals surface area (Å²) >= 11 is 0. The summed E-state index contributed by atoms with van der Waals surface area (Å²) in [6.45, 7) is 6.02. The number of hydrogen-bond donors (Lipinski definition) is 1. The quantitative estimate of drug-likeness (QED) is 0.848. The van der Waals surface area contributed by atoms with Crippen molar-refractivity contribution >= 4 is 10.9 Å². The van der Waals surface area contributed by atoms with Crippen molar-refractivity contribution in [3.05, 3.63) is 36.5 Å². The molecule has 1 aromatic heterocycles. The third kappa shape index (κ3) is 3.20. The average molecular weight is 244 g/mol. The van der Waals surface area contributed by atoms with Crippen LogP contribution in [0.2, 0.25) is 0 Å². The number of nitrogens with zero attached hydrogens (tertiary/aromatic N) is 1. The van der Waals surface area contributed by atoms with Crippen LogP contribution < -0.4 is 10.1 Å². The molecule has 1 atom stereocenters. The molecule has 1 unspecified atom stereocenters. The first kappa shape index (κ1) is 12.8. The number of rotatable bonds is 6. The molecule has 0 aliphatic carbocycles. The van der Waals surface area contributed by atoms with E-state index in [-0.39, 0.29) is 0 Å². The van der Waals surface area contributed by atoms with Crippen molar-refractivity contribution in [3.8, 4) is 5.75 Å². The van der Waals surface area contributed by atoms with Crippen LogP contribution in [0.15, 0.2) is 36.5 Å². The topological polar surface area (TPSA) is 34.1 Å². The van der Waals surface area contributed by atoms with Crippen LogP contribution in [0.3, 0.4) is 0 Å². The number of ether oxygens (including phenoxy) is 1. The summed E-state index contributed by atoms with van der Waals surface area (Å²) in [6.07, 6.45) is 2.81. The predicted molar refractivity (Wildman–Crippen MR) is 75.0 cm³/mol. The van der Waals surface area contributed by atoms with E-state index in [9.17, 15) is 0 Å². The molecule has 18 heavy (non-hydrogen) atoms. The Balaban J connectivity index is 1.99. The highest BCUT2D eigenvalue weighted by molar-refractivity contribution is 5.84. The molecular formula is C15H20N2O. The standard InChI is InChI=1S/C15H20N2O/c1-3-16-12(2)9-11-18-15-8-4-7-14-13(15)6-5-10-17-14/h4-8,10,12,16H,3,9,11H2,1-2H3. The molecule has 2 aromatic rings. The Labute approximate surface area is 108 Å². The van der Waals surface area contributed by atoms with Crippen LogP contribution in [0.1, 0.15) is 20.3 Å². The van der Waals surface area contributed by atoms with Crippen LogP contribution in [0.4, 0.5) is 0 Å². The second-order valence-corrected chi connectivity index (χ2v) is 4.42. The maximum Gasteiger partial charge on any atom is 0.128 e. The SMILES string of the molecule is CCNC(C)CCOc1cccc2ncccc12. The molecule has 0 aliphatic rings. The third-order valence-electron chi connectivity index (χ3n) is 2.97. The van der Waals surface area contributed by atoms with Gasteiger partial charge in [0.05, 0.1) is 12.1 Å². The Morgan fingerprint density at radius 1 is 1.28 bits per heavy atom. The lowest BCUT2D eigenvalue weighted by Crippen LogP contribution is -2.27. The Morgan fingerprint density at radius 2 is 2.17 bits per heavy atom. The summed E-state index contributed by atoms with van der Waals surface area (Å²) in [5, 5.41) is 4.46. The zero-order chi connectivity index (χ0) is 12.8. The minimum Gasteiger partial charge on any atom is -0.493 e. The van der Waals surface area contributed by atoms with Gasteiger partial charge in [-0.3, -0.25) is 4.98 Å². The molecule has 0 saturated heterocycles. The molecule has 0 spiro atoms. The number of aromatic nitrogens is 1. The summed E-state index contributed by atoms with van der Waals surface area (Å²) in [5.74, 6) is 0.921. The van der Waals surface area contributed by atoms with E-state index in [1.807, 2.05) is 30.3 Å². The van der Waals surface area contributed by atoms with Crippen molar-refractivity contribution in [1.82, 2.24) is 10.3 Å². The van der Waals surface area contributed by atoms with Gasteiger partial charge in [-0.1, -0.05) is 13.0 Å². The Morgan fingerprint density at radius 3 is 3.00 bits per heavy atom. The van der Waals surface area contributed by atoms with E-state index in [0.717, 1.165) is 36.2 Å². The molecule has 3 nitrogen and oxygen atoms in total. The largest absolute Gasteiger partial charge is 0.493 e. The summed E-state index contributed by atoms with van der Waals surface area (Å²) in [6, 6.07) is 10.5. The zero-order valence-corrected chi connectivity index (χ0v) is 11.0. The van der Waals surface area contributed by atoms with Crippen molar-refractivity contribution in [3.63, 3.8) is 0 Å². The van der Waals surface area contributed by atoms with Crippen LogP contribution in [0, 0.1) is 0 Å². The Bertz CT molecular complexity index is 493. The summed E-state index contributed by atoms with van der Waals surface area (Å²) in [5.41, 5.74) is 0.981. The van der Waals surface area contributed by atoms with Crippen LogP contribution in [-0.2, 0) is 0 Å². The van der Waals surface area contributed by atoms with Crippen molar-refractivity contribution < 1.29 is 4.74 Å². The summed E-state index contributed by atoms with van der Waals surface area (Å²) in [7, 11) is 0. The lowest BCUT2D eigenvalue weighted by molar-refractivity contribution is 0.294. The van der Waals surface area contributed by atoms with Gasteiger partial charge in [-0.05, 0) is 44.2 Å². The monoisotopic (exact) mass is 244 g/mol. The highest BCUT2D eigenvalue weighted by Crippen LogP contribution is 2.23. The number of nitrogens with one attached hydrogen (secondary N) is 1. The van der Waals surface area contributed by atoms with Crippen molar-refractivity contribution in [2.75, 3.05) is 13.2 Å². The molecule has 96 valence electrons. The fourth-order valence-corrected chi connectivity index (χ4v) is 2.00. The number of benzene rings is 1. The van der Waals surface area contributed by atoms with E-state index < -0.39 is 0 Å². The lowest BCUT2D eigenvalue weighted by Gasteiger charge is -2.13. The van der Waals surface area contributed by atoms with Crippen molar-refractivity contribution in [2.24, 2.45) is 0 Å². The van der Waals surface area contributed by atoms with Crippen molar-refractivity contribution in [2.45, 2.75) is 26.3 Å². The second-order valence-electron chi connectivity index (χ2n) is 4.42. The van der Waals surface area contributed by atoms with Gasteiger partial charge in [-0.2, -0.15) is 0 Å². The fourth-order valence-electron chi connectivity index (χ4n) is 2.00. The first-order valence-electron chi connectivity index (χ1n) is 6.51. The van der Waals surface area contributed by atoms with Gasteiger partial charge in [0.25, 0.3) is 0 Å². The van der Waals surface area contributed by atoms with Gasteiger partial charge in [0.1, 0.15) is 5.75 Å². The van der Waals surface area contributed by atoms with Gasteiger partial charge in [0, 0.05) is 17.6 Å². The van der Waals surface area contributed by atoms with E-state index in [4.69, 9.17) is 4.74 Å². The molecule has 0 bridgehead atoms. The van der Waals surface area contributed by atoms with Gasteiger partial charge in [-0.25, -0.2) is 0 Å². The molecule has 2 rings (SSSR count). The minimum absolute atomic E-state index is 0.489. The lowest BCUT2D eigenvalue weighted by atomic mass is 10.2. The second kappa shape index (κ2) is 6.36. The van der Waals surface area contributed by atoms with Crippen LogP contribution in [0.25, 0.3) is 10.9 Å². The van der Waals surface area contributed by atoms with E-state index in [2.05, 4.69) is 24.1 Å². The normalized spacial score (nSPS) is 12.6. The number of hydrogen-bond acceptors (Lipinski definition) is 3. The molecule has 0 radical (unpaired) electrons. The van der Waals surface area contributed by atoms with Gasteiger partial charge in [-0.15, -0.1) is 0 Å². The molecule has 0 amide bonds. The van der Waals surface area contributed by atoms with E-state index in [1.165, 1.54) is 0 Å². The van der Waals surface area contributed by atoms with Gasteiger partial charge >= 0.3 is 0 Å². The summed E-state index contributed by atoms with van der Waals surface area (Å²) < 4.78 is 5.86. The molecule has 0 fully saturated rings. The molecule has 0 saturated carbocycles. The Hall–Kier alpha value is -1.61. The van der Waals surface area contributed by atoms with Crippen LogP contribution >= 0.6 is 0 Å². The first-order valence-corrected chi connectivity index (χ1v) is 6.51. The molecule has 1 aromatic carbocycles. The van der Waals surface area contributed by atoms with E-state index in [0.29, 0.717) is 6.04 Å². The maximum absolute atomic E-state index is 5.86. The highest BCUT2D eigenvalue weighted by atomic mass is 16.5. The van der Waals surface area contributed by atoms with Crippen LogP contribution in [0.5, 0.6) is 5.75 Å². The van der Waals surface area contributed by atoms with Gasteiger partial charge in [0.2, 0.25) is 0 Å². The third-order valence-corrected chi connectivity index (χ3v) is 2.97. The number of fused-ring (bicyclic) bond motifs is 1. The smallest absolute Gasteiger partial charge is 0.128 e. The molecule has 3 heteroatoms. The zero-order valence-electron chi connectivity index (χ0n) is 11.0. The van der Waals surface area contributed by atoms with Crippen LogP contribution in [-0.4, -0.2) is 24.2 Å². The van der Waals surface area contributed by atoms with E-state index in [1.54, 1.807) is 6.20 Å². The first-order chi connectivity index (χ1) is 8.81. The van der Waals surface area contributed by atoms with Crippen molar-refractivity contribution in [1.29, 1.82) is 0 Å². The van der Waals surface area contributed by atoms with Gasteiger partial charge in [0.15, 0.2) is 0 Å². The fraction of sp³-hybridized carbons (Fsp3) is 0.400. The molecule has 0 aliphatic heterocycles. The average Bonchev–Trinajstić information content (AvgIpc) is 2.39. The highest BCUT2D eigenvalue weighted by Gasteiger charge is 2.03. The molecule has 1 heterocycles. The Kier molecular flexibility index (Phi) is 4.53.